The molecule has 1 aromatic carbocycles. The molecule has 6 nitrogen and oxygen atoms in total. The molecule has 1 atom stereocenters. The Hall–Kier alpha value is -2.24. The number of ether oxygens (including phenoxy) is 1. The van der Waals surface area contributed by atoms with Crippen LogP contribution < -0.4 is 10.1 Å². The fourth-order valence-corrected chi connectivity index (χ4v) is 2.11. The largest absolute Gasteiger partial charge is 0.491 e. The van der Waals surface area contributed by atoms with E-state index in [-0.39, 0.29) is 12.5 Å². The maximum absolute atomic E-state index is 12.1. The third kappa shape index (κ3) is 3.63. The summed E-state index contributed by atoms with van der Waals surface area (Å²) in [4.78, 5) is 24.3. The molecule has 0 aliphatic carbocycles. The van der Waals surface area contributed by atoms with Crippen LogP contribution in [-0.4, -0.2) is 41.2 Å². The van der Waals surface area contributed by atoms with Crippen LogP contribution in [0, 0.1) is 0 Å². The molecule has 0 radical (unpaired) electrons. The number of aliphatic carboxylic acids is 1. The molecule has 0 saturated heterocycles. The first-order valence-corrected chi connectivity index (χ1v) is 6.54. The first-order valence-electron chi connectivity index (χ1n) is 6.54. The van der Waals surface area contributed by atoms with Crippen molar-refractivity contribution in [2.24, 2.45) is 0 Å². The van der Waals surface area contributed by atoms with E-state index in [0.717, 1.165) is 11.3 Å². The molecule has 0 spiro atoms. The van der Waals surface area contributed by atoms with E-state index in [9.17, 15) is 9.59 Å². The van der Waals surface area contributed by atoms with Crippen molar-refractivity contribution >= 4 is 12.0 Å². The second kappa shape index (κ2) is 6.27. The van der Waals surface area contributed by atoms with E-state index < -0.39 is 12.0 Å². The molecule has 1 heterocycles. The Morgan fingerprint density at radius 2 is 2.20 bits per heavy atom. The maximum Gasteiger partial charge on any atom is 0.318 e. The van der Waals surface area contributed by atoms with Crippen LogP contribution in [0.25, 0.3) is 0 Å². The van der Waals surface area contributed by atoms with Crippen molar-refractivity contribution in [2.75, 3.05) is 13.2 Å². The van der Waals surface area contributed by atoms with Crippen molar-refractivity contribution in [2.45, 2.75) is 25.9 Å². The number of nitrogens with one attached hydrogen (secondary N) is 1. The molecule has 2 rings (SSSR count). The summed E-state index contributed by atoms with van der Waals surface area (Å²) in [6.07, 6.45) is -0.0906. The normalized spacial score (nSPS) is 15.6. The number of amides is 2. The third-order valence-corrected chi connectivity index (χ3v) is 3.09. The van der Waals surface area contributed by atoms with Gasteiger partial charge in [-0.25, -0.2) is 4.79 Å². The van der Waals surface area contributed by atoms with E-state index in [1.165, 1.54) is 0 Å². The topological polar surface area (TPSA) is 78.9 Å². The van der Waals surface area contributed by atoms with E-state index >= 15 is 0 Å². The highest BCUT2D eigenvalue weighted by Crippen LogP contribution is 2.22. The molecule has 2 N–H and O–H groups in total. The number of fused-ring (bicyclic) bond motifs is 1. The molecule has 1 aromatic rings. The third-order valence-electron chi connectivity index (χ3n) is 3.09. The number of hydrogen-bond acceptors (Lipinski definition) is 3. The zero-order chi connectivity index (χ0) is 14.5. The Morgan fingerprint density at radius 1 is 1.45 bits per heavy atom. The molecule has 2 amide bonds. The van der Waals surface area contributed by atoms with E-state index in [1.807, 2.05) is 24.3 Å². The minimum absolute atomic E-state index is 0.0906. The minimum Gasteiger partial charge on any atom is -0.491 e. The molecule has 6 heteroatoms. The Labute approximate surface area is 117 Å². The van der Waals surface area contributed by atoms with Crippen LogP contribution in [0.4, 0.5) is 4.79 Å². The van der Waals surface area contributed by atoms with Gasteiger partial charge < -0.3 is 20.1 Å². The molecular formula is C14H18N2O4. The molecule has 108 valence electrons. The average molecular weight is 278 g/mol. The summed E-state index contributed by atoms with van der Waals surface area (Å²) in [7, 11) is 0. The number of carboxylic acids is 1. The predicted octanol–water partition coefficient (Wildman–Crippen LogP) is 1.45. The van der Waals surface area contributed by atoms with Crippen LogP contribution in [0.15, 0.2) is 24.3 Å². The van der Waals surface area contributed by atoms with Gasteiger partial charge in [0.15, 0.2) is 0 Å². The average Bonchev–Trinajstić information content (AvgIpc) is 2.59. The van der Waals surface area contributed by atoms with Gasteiger partial charge in [-0.2, -0.15) is 0 Å². The molecule has 0 saturated carbocycles. The van der Waals surface area contributed by atoms with Crippen LogP contribution in [0.5, 0.6) is 5.75 Å². The fourth-order valence-electron chi connectivity index (χ4n) is 2.11. The van der Waals surface area contributed by atoms with Crippen molar-refractivity contribution in [3.8, 4) is 5.75 Å². The first-order chi connectivity index (χ1) is 9.56. The Balaban J connectivity index is 1.99. The number of carbonyl (C=O) groups excluding carboxylic acids is 1. The van der Waals surface area contributed by atoms with Crippen LogP contribution in [0.3, 0.4) is 0 Å². The van der Waals surface area contributed by atoms with Crippen molar-refractivity contribution in [3.05, 3.63) is 29.8 Å². The van der Waals surface area contributed by atoms with Gasteiger partial charge in [0.1, 0.15) is 12.4 Å². The van der Waals surface area contributed by atoms with Gasteiger partial charge in [-0.3, -0.25) is 4.79 Å². The van der Waals surface area contributed by atoms with Gasteiger partial charge in [0.25, 0.3) is 0 Å². The van der Waals surface area contributed by atoms with Crippen molar-refractivity contribution < 1.29 is 19.4 Å². The molecule has 1 unspecified atom stereocenters. The zero-order valence-electron chi connectivity index (χ0n) is 11.3. The second-order valence-electron chi connectivity index (χ2n) is 4.83. The quantitative estimate of drug-likeness (QED) is 0.877. The highest BCUT2D eigenvalue weighted by Gasteiger charge is 2.21. The lowest BCUT2D eigenvalue weighted by Crippen LogP contribution is -2.44. The molecule has 1 aliphatic heterocycles. The van der Waals surface area contributed by atoms with Crippen molar-refractivity contribution in [1.82, 2.24) is 10.2 Å². The fraction of sp³-hybridized carbons (Fsp3) is 0.429. The smallest absolute Gasteiger partial charge is 0.318 e. The lowest BCUT2D eigenvalue weighted by atomic mass is 10.2. The Kier molecular flexibility index (Phi) is 4.45. The molecule has 1 aliphatic rings. The summed E-state index contributed by atoms with van der Waals surface area (Å²) >= 11 is 0. The van der Waals surface area contributed by atoms with E-state index in [0.29, 0.717) is 19.7 Å². The summed E-state index contributed by atoms with van der Waals surface area (Å²) in [6.45, 7) is 3.04. The number of carbonyl (C=O) groups is 2. The Morgan fingerprint density at radius 3 is 2.95 bits per heavy atom. The van der Waals surface area contributed by atoms with Gasteiger partial charge in [0.2, 0.25) is 0 Å². The van der Waals surface area contributed by atoms with Crippen molar-refractivity contribution in [3.63, 3.8) is 0 Å². The number of para-hydroxylation sites is 1. The van der Waals surface area contributed by atoms with Gasteiger partial charge in [0.05, 0.1) is 19.5 Å². The van der Waals surface area contributed by atoms with Gasteiger partial charge in [-0.15, -0.1) is 0 Å². The van der Waals surface area contributed by atoms with Crippen LogP contribution in [-0.2, 0) is 11.3 Å². The molecule has 0 fully saturated rings. The van der Waals surface area contributed by atoms with E-state index in [1.54, 1.807) is 11.8 Å². The number of rotatable bonds is 3. The van der Waals surface area contributed by atoms with Gasteiger partial charge in [-0.05, 0) is 13.0 Å². The number of hydrogen-bond donors (Lipinski definition) is 2. The standard InChI is InChI=1S/C14H18N2O4/c1-10(8-13(17)18)15-14(19)16-6-7-20-12-5-3-2-4-11(12)9-16/h2-5,10H,6-9H2,1H3,(H,15,19)(H,17,18). The van der Waals surface area contributed by atoms with E-state index in [4.69, 9.17) is 9.84 Å². The maximum atomic E-state index is 12.1. The lowest BCUT2D eigenvalue weighted by molar-refractivity contribution is -0.137. The molecular weight excluding hydrogens is 260 g/mol. The summed E-state index contributed by atoms with van der Waals surface area (Å²) in [5.74, 6) is -0.135. The van der Waals surface area contributed by atoms with Gasteiger partial charge in [0, 0.05) is 11.6 Å². The lowest BCUT2D eigenvalue weighted by Gasteiger charge is -2.22. The van der Waals surface area contributed by atoms with Crippen molar-refractivity contribution in [1.29, 1.82) is 0 Å². The molecule has 20 heavy (non-hydrogen) atoms. The SMILES string of the molecule is CC(CC(=O)O)NC(=O)N1CCOc2ccccc2C1. The summed E-state index contributed by atoms with van der Waals surface area (Å²) in [5, 5.41) is 11.4. The van der Waals surface area contributed by atoms with Crippen LogP contribution in [0.2, 0.25) is 0 Å². The highest BCUT2D eigenvalue weighted by atomic mass is 16.5. The minimum atomic E-state index is -0.928. The summed E-state index contributed by atoms with van der Waals surface area (Å²) in [5.41, 5.74) is 0.950. The number of urea groups is 1. The zero-order valence-corrected chi connectivity index (χ0v) is 11.3. The highest BCUT2D eigenvalue weighted by molar-refractivity contribution is 5.76. The number of carboxylic acid groups (broad SMARTS) is 1. The van der Waals surface area contributed by atoms with Crippen LogP contribution in [0.1, 0.15) is 18.9 Å². The first kappa shape index (κ1) is 14.2. The molecule has 0 bridgehead atoms. The predicted molar refractivity (Wildman–Crippen MR) is 72.6 cm³/mol. The molecule has 0 aromatic heterocycles. The Bertz CT molecular complexity index is 504. The van der Waals surface area contributed by atoms with Crippen LogP contribution >= 0.6 is 0 Å². The summed E-state index contributed by atoms with van der Waals surface area (Å²) in [6, 6.07) is 6.92. The second-order valence-corrected chi connectivity index (χ2v) is 4.83. The summed E-state index contributed by atoms with van der Waals surface area (Å²) < 4.78 is 5.58. The number of benzene rings is 1. The van der Waals surface area contributed by atoms with Gasteiger partial charge >= 0.3 is 12.0 Å². The van der Waals surface area contributed by atoms with Gasteiger partial charge in [-0.1, -0.05) is 18.2 Å². The number of nitrogens with zero attached hydrogens (tertiary/aromatic N) is 1. The monoisotopic (exact) mass is 278 g/mol. The van der Waals surface area contributed by atoms with E-state index in [2.05, 4.69) is 5.32 Å².